The Balaban J connectivity index is 1.91. The quantitative estimate of drug-likeness (QED) is 0.607. The van der Waals surface area contributed by atoms with Gasteiger partial charge in [0.15, 0.2) is 0 Å². The Labute approximate surface area is 83.4 Å². The molecule has 0 bridgehead atoms. The van der Waals surface area contributed by atoms with Crippen LogP contribution >= 0.6 is 0 Å². The number of rotatable bonds is 1. The summed E-state index contributed by atoms with van der Waals surface area (Å²) in [4.78, 5) is 13.3. The van der Waals surface area contributed by atoms with Crippen molar-refractivity contribution < 1.29 is 9.53 Å². The molecule has 2 atom stereocenters. The second kappa shape index (κ2) is 3.97. The first-order valence-corrected chi connectivity index (χ1v) is 5.03. The second-order valence-corrected chi connectivity index (χ2v) is 4.02. The molecule has 4 heteroatoms. The summed E-state index contributed by atoms with van der Waals surface area (Å²) in [5.41, 5.74) is 0. The van der Waals surface area contributed by atoms with Crippen molar-refractivity contribution in [1.82, 2.24) is 4.90 Å². The van der Waals surface area contributed by atoms with Gasteiger partial charge in [0.05, 0.1) is 12.7 Å². The molecule has 76 valence electrons. The number of amides is 1. The van der Waals surface area contributed by atoms with E-state index < -0.39 is 0 Å². The van der Waals surface area contributed by atoms with Gasteiger partial charge in [-0.3, -0.25) is 4.79 Å². The summed E-state index contributed by atoms with van der Waals surface area (Å²) in [6.07, 6.45) is 1.04. The van der Waals surface area contributed by atoms with Crippen molar-refractivity contribution in [2.45, 2.75) is 12.8 Å². The number of carbonyl (C=O) groups excluding carboxylic acids is 1. The highest BCUT2D eigenvalue weighted by Gasteiger charge is 2.35. The Kier molecular flexibility index (Phi) is 2.69. The van der Waals surface area contributed by atoms with Gasteiger partial charge < -0.3 is 9.64 Å². The zero-order valence-corrected chi connectivity index (χ0v) is 8.11. The third-order valence-electron chi connectivity index (χ3n) is 3.14. The Morgan fingerprint density at radius 1 is 1.50 bits per heavy atom. The fourth-order valence-corrected chi connectivity index (χ4v) is 2.27. The molecule has 0 spiro atoms. The first kappa shape index (κ1) is 9.47. The van der Waals surface area contributed by atoms with Gasteiger partial charge >= 0.3 is 0 Å². The van der Waals surface area contributed by atoms with E-state index in [2.05, 4.69) is 0 Å². The molecule has 2 unspecified atom stereocenters. The molecule has 2 fully saturated rings. The van der Waals surface area contributed by atoms with E-state index in [1.165, 1.54) is 0 Å². The van der Waals surface area contributed by atoms with Crippen LogP contribution in [0.4, 0.5) is 0 Å². The van der Waals surface area contributed by atoms with Crippen molar-refractivity contribution in [1.29, 1.82) is 5.26 Å². The maximum Gasteiger partial charge on any atom is 0.236 e. The normalized spacial score (nSPS) is 30.9. The standard InChI is InChI=1S/C10H14N2O2/c11-3-1-10(13)12-4-2-8-6-14-7-9(8)5-12/h8-9H,1-2,4-7H2. The van der Waals surface area contributed by atoms with E-state index in [1.807, 2.05) is 6.07 Å². The van der Waals surface area contributed by atoms with Crippen molar-refractivity contribution in [2.24, 2.45) is 11.8 Å². The van der Waals surface area contributed by atoms with Gasteiger partial charge in [-0.2, -0.15) is 5.26 Å². The minimum absolute atomic E-state index is 0.0121. The van der Waals surface area contributed by atoms with E-state index in [0.29, 0.717) is 11.8 Å². The molecule has 0 saturated carbocycles. The van der Waals surface area contributed by atoms with Crippen LogP contribution in [0.2, 0.25) is 0 Å². The van der Waals surface area contributed by atoms with Crippen molar-refractivity contribution in [3.05, 3.63) is 0 Å². The van der Waals surface area contributed by atoms with Crippen molar-refractivity contribution in [3.63, 3.8) is 0 Å². The second-order valence-electron chi connectivity index (χ2n) is 4.02. The zero-order valence-electron chi connectivity index (χ0n) is 8.11. The number of likely N-dealkylation sites (tertiary alicyclic amines) is 1. The van der Waals surface area contributed by atoms with E-state index in [4.69, 9.17) is 10.00 Å². The fraction of sp³-hybridized carbons (Fsp3) is 0.800. The Morgan fingerprint density at radius 2 is 2.29 bits per heavy atom. The predicted octanol–water partition coefficient (Wildman–Crippen LogP) is 0.395. The first-order valence-electron chi connectivity index (χ1n) is 5.03. The van der Waals surface area contributed by atoms with E-state index in [-0.39, 0.29) is 12.3 Å². The molecule has 14 heavy (non-hydrogen) atoms. The summed E-state index contributed by atoms with van der Waals surface area (Å²) in [5.74, 6) is 1.12. The monoisotopic (exact) mass is 194 g/mol. The lowest BCUT2D eigenvalue weighted by atomic mass is 9.88. The number of carbonyl (C=O) groups is 1. The summed E-state index contributed by atoms with van der Waals surface area (Å²) in [5, 5.41) is 8.43. The van der Waals surface area contributed by atoms with Crippen molar-refractivity contribution in [3.8, 4) is 6.07 Å². The highest BCUT2D eigenvalue weighted by atomic mass is 16.5. The van der Waals surface area contributed by atoms with E-state index >= 15 is 0 Å². The summed E-state index contributed by atoms with van der Waals surface area (Å²) in [6, 6.07) is 1.90. The Morgan fingerprint density at radius 3 is 3.07 bits per heavy atom. The molecule has 0 aromatic rings. The fourth-order valence-electron chi connectivity index (χ4n) is 2.27. The van der Waals surface area contributed by atoms with Crippen LogP contribution in [0.25, 0.3) is 0 Å². The number of nitrogens with zero attached hydrogens (tertiary/aromatic N) is 2. The van der Waals surface area contributed by atoms with Crippen molar-refractivity contribution >= 4 is 5.91 Å². The van der Waals surface area contributed by atoms with E-state index in [1.54, 1.807) is 4.90 Å². The number of hydrogen-bond acceptors (Lipinski definition) is 3. The molecule has 0 radical (unpaired) electrons. The number of hydrogen-bond donors (Lipinski definition) is 0. The Bertz CT molecular complexity index is 272. The molecule has 2 rings (SSSR count). The molecule has 1 amide bonds. The molecule has 2 heterocycles. The lowest BCUT2D eigenvalue weighted by molar-refractivity contribution is -0.132. The SMILES string of the molecule is N#CCC(=O)N1CCC2COCC2C1. The molecule has 0 aliphatic carbocycles. The molecule has 0 aromatic heterocycles. The third-order valence-corrected chi connectivity index (χ3v) is 3.14. The van der Waals surface area contributed by atoms with Crippen LogP contribution in [0.15, 0.2) is 0 Å². The van der Waals surface area contributed by atoms with Crippen LogP contribution in [0.1, 0.15) is 12.8 Å². The molecule has 0 N–H and O–H groups in total. The summed E-state index contributed by atoms with van der Waals surface area (Å²) < 4.78 is 5.38. The van der Waals surface area contributed by atoms with Gasteiger partial charge in [-0.1, -0.05) is 0 Å². The van der Waals surface area contributed by atoms with E-state index in [9.17, 15) is 4.79 Å². The molecule has 2 aliphatic heterocycles. The number of ether oxygens (including phenoxy) is 1. The summed E-state index contributed by atoms with van der Waals surface area (Å²) in [6.45, 7) is 3.21. The summed E-state index contributed by atoms with van der Waals surface area (Å²) in [7, 11) is 0. The van der Waals surface area contributed by atoms with E-state index in [0.717, 1.165) is 32.7 Å². The van der Waals surface area contributed by atoms with Crippen LogP contribution in [-0.4, -0.2) is 37.1 Å². The molecule has 2 saturated heterocycles. The van der Waals surface area contributed by atoms with Gasteiger partial charge in [-0.15, -0.1) is 0 Å². The molecular weight excluding hydrogens is 180 g/mol. The summed E-state index contributed by atoms with van der Waals surface area (Å²) >= 11 is 0. The zero-order chi connectivity index (χ0) is 9.97. The molecule has 0 aromatic carbocycles. The van der Waals surface area contributed by atoms with Crippen LogP contribution in [-0.2, 0) is 9.53 Å². The largest absolute Gasteiger partial charge is 0.381 e. The smallest absolute Gasteiger partial charge is 0.236 e. The molecule has 4 nitrogen and oxygen atoms in total. The van der Waals surface area contributed by atoms with Gasteiger partial charge in [0.1, 0.15) is 6.42 Å². The lowest BCUT2D eigenvalue weighted by Crippen LogP contribution is -2.43. The molecular formula is C10H14N2O2. The average Bonchev–Trinajstić information content (AvgIpc) is 2.64. The minimum atomic E-state index is -0.0298. The predicted molar refractivity (Wildman–Crippen MR) is 49.2 cm³/mol. The maximum atomic E-state index is 11.4. The number of piperidine rings is 1. The lowest BCUT2D eigenvalue weighted by Gasteiger charge is -2.33. The van der Waals surface area contributed by atoms with Crippen molar-refractivity contribution in [2.75, 3.05) is 26.3 Å². The van der Waals surface area contributed by atoms with Crippen LogP contribution in [0.3, 0.4) is 0 Å². The minimum Gasteiger partial charge on any atom is -0.381 e. The molecule has 2 aliphatic rings. The highest BCUT2D eigenvalue weighted by Crippen LogP contribution is 2.29. The van der Waals surface area contributed by atoms with Gasteiger partial charge in [-0.25, -0.2) is 0 Å². The number of nitriles is 1. The number of fused-ring (bicyclic) bond motifs is 1. The van der Waals surface area contributed by atoms with Crippen LogP contribution in [0.5, 0.6) is 0 Å². The van der Waals surface area contributed by atoms with Crippen LogP contribution < -0.4 is 0 Å². The topological polar surface area (TPSA) is 53.3 Å². The van der Waals surface area contributed by atoms with Gasteiger partial charge in [0, 0.05) is 25.6 Å². The first-order chi connectivity index (χ1) is 6.81. The van der Waals surface area contributed by atoms with Gasteiger partial charge in [-0.05, 0) is 12.3 Å². The third kappa shape index (κ3) is 1.73. The Hall–Kier alpha value is -1.08. The van der Waals surface area contributed by atoms with Gasteiger partial charge in [0.2, 0.25) is 5.91 Å². The maximum absolute atomic E-state index is 11.4. The van der Waals surface area contributed by atoms with Crippen LogP contribution in [0, 0.1) is 23.2 Å². The average molecular weight is 194 g/mol. The highest BCUT2D eigenvalue weighted by molar-refractivity contribution is 5.78. The van der Waals surface area contributed by atoms with Gasteiger partial charge in [0.25, 0.3) is 0 Å².